The SMILES string of the molecule is COC(=O)C(Cc1ccc(C)cc1)NS(C)(=O)=O.CS(=O)(=O)NC(Cc1ccc(OCCCCCCN)cc1)C(=O)O. The third-order valence-corrected chi connectivity index (χ3v) is 7.21. The van der Waals surface area contributed by atoms with E-state index < -0.39 is 44.1 Å². The van der Waals surface area contributed by atoms with E-state index in [9.17, 15) is 26.4 Å². The first-order valence-corrected chi connectivity index (χ1v) is 17.1. The lowest BCUT2D eigenvalue weighted by atomic mass is 10.1. The quantitative estimate of drug-likeness (QED) is 0.148. The molecule has 236 valence electrons. The van der Waals surface area contributed by atoms with E-state index in [-0.39, 0.29) is 12.8 Å². The zero-order valence-electron chi connectivity index (χ0n) is 24.5. The van der Waals surface area contributed by atoms with Gasteiger partial charge in [-0.3, -0.25) is 9.59 Å². The molecule has 0 spiro atoms. The Balaban J connectivity index is 0.000000437. The molecule has 2 rings (SSSR count). The van der Waals surface area contributed by atoms with Crippen LogP contribution in [0.1, 0.15) is 42.4 Å². The smallest absolute Gasteiger partial charge is 0.324 e. The highest BCUT2D eigenvalue weighted by molar-refractivity contribution is 7.89. The van der Waals surface area contributed by atoms with E-state index in [1.54, 1.807) is 24.3 Å². The summed E-state index contributed by atoms with van der Waals surface area (Å²) in [6.45, 7) is 3.29. The molecule has 0 aliphatic carbocycles. The van der Waals surface area contributed by atoms with Crippen LogP contribution in [0.15, 0.2) is 48.5 Å². The van der Waals surface area contributed by atoms with Gasteiger partial charge in [-0.1, -0.05) is 54.8 Å². The molecule has 0 fully saturated rings. The van der Waals surface area contributed by atoms with Crippen molar-refractivity contribution in [1.82, 2.24) is 9.44 Å². The molecule has 2 aromatic carbocycles. The van der Waals surface area contributed by atoms with Gasteiger partial charge >= 0.3 is 11.9 Å². The highest BCUT2D eigenvalue weighted by Crippen LogP contribution is 2.15. The summed E-state index contributed by atoms with van der Waals surface area (Å²) in [5, 5.41) is 9.10. The maximum Gasteiger partial charge on any atom is 0.324 e. The summed E-state index contributed by atoms with van der Waals surface area (Å²) < 4.78 is 59.4. The van der Waals surface area contributed by atoms with Gasteiger partial charge in [0.2, 0.25) is 20.0 Å². The molecule has 0 aromatic heterocycles. The van der Waals surface area contributed by atoms with Gasteiger partial charge < -0.3 is 20.3 Å². The van der Waals surface area contributed by atoms with Crippen LogP contribution in [0.2, 0.25) is 0 Å². The standard InChI is InChI=1S/C16H26N2O5S.C12H17NO4S/c1-24(21,22)18-15(16(19)20)12-13-6-8-14(9-7-13)23-11-5-3-2-4-10-17;1-9-4-6-10(7-5-9)8-11(12(14)17-2)13-18(3,15)16/h6-9,15,18H,2-5,10-12,17H2,1H3,(H,19,20);4-7,11,13H,8H2,1-3H3. The van der Waals surface area contributed by atoms with Crippen molar-refractivity contribution in [2.24, 2.45) is 5.73 Å². The van der Waals surface area contributed by atoms with Crippen molar-refractivity contribution < 1.29 is 41.0 Å². The van der Waals surface area contributed by atoms with Gasteiger partial charge in [0.15, 0.2) is 0 Å². The van der Waals surface area contributed by atoms with Crippen molar-refractivity contribution >= 4 is 32.0 Å². The average Bonchev–Trinajstić information content (AvgIpc) is 2.90. The topological polar surface area (TPSA) is 191 Å². The van der Waals surface area contributed by atoms with E-state index >= 15 is 0 Å². The molecule has 2 atom stereocenters. The van der Waals surface area contributed by atoms with Crippen LogP contribution in [0, 0.1) is 6.92 Å². The second kappa shape index (κ2) is 18.5. The first kappa shape index (κ1) is 37.0. The van der Waals surface area contributed by atoms with Crippen molar-refractivity contribution in [2.45, 2.75) is 57.5 Å². The molecule has 0 saturated carbocycles. The second-order valence-corrected chi connectivity index (χ2v) is 13.4. The summed E-state index contributed by atoms with van der Waals surface area (Å²) in [7, 11) is -5.81. The number of carbonyl (C=O) groups excluding carboxylic acids is 1. The number of nitrogens with two attached hydrogens (primary N) is 1. The number of aryl methyl sites for hydroxylation is 1. The van der Waals surface area contributed by atoms with Gasteiger partial charge in [0.05, 0.1) is 26.2 Å². The monoisotopic (exact) mass is 629 g/mol. The molecule has 0 bridgehead atoms. The van der Waals surface area contributed by atoms with Gasteiger partial charge in [-0.15, -0.1) is 0 Å². The van der Waals surface area contributed by atoms with Crippen LogP contribution in [0.25, 0.3) is 0 Å². The number of ether oxygens (including phenoxy) is 2. The molecule has 5 N–H and O–H groups in total. The minimum absolute atomic E-state index is 0.0712. The lowest BCUT2D eigenvalue weighted by Gasteiger charge is -2.15. The molecular formula is C28H43N3O9S2. The van der Waals surface area contributed by atoms with Gasteiger partial charge in [-0.2, -0.15) is 0 Å². The van der Waals surface area contributed by atoms with Crippen molar-refractivity contribution in [3.05, 3.63) is 65.2 Å². The molecular weight excluding hydrogens is 586 g/mol. The Labute approximate surface area is 249 Å². The number of carboxylic acids is 1. The summed E-state index contributed by atoms with van der Waals surface area (Å²) in [5.74, 6) is -1.10. The number of carbonyl (C=O) groups is 2. The number of sulfonamides is 2. The van der Waals surface area contributed by atoms with E-state index in [1.807, 2.05) is 31.2 Å². The van der Waals surface area contributed by atoms with Crippen LogP contribution in [0.4, 0.5) is 0 Å². The Kier molecular flexibility index (Phi) is 16.3. The Bertz CT molecular complexity index is 1320. The van der Waals surface area contributed by atoms with Gasteiger partial charge in [0, 0.05) is 0 Å². The molecule has 0 saturated heterocycles. The molecule has 0 aliphatic heterocycles. The van der Waals surface area contributed by atoms with E-state index in [1.165, 1.54) is 7.11 Å². The van der Waals surface area contributed by atoms with Crippen molar-refractivity contribution in [3.8, 4) is 5.75 Å². The van der Waals surface area contributed by atoms with E-state index in [0.29, 0.717) is 24.5 Å². The van der Waals surface area contributed by atoms with E-state index in [4.69, 9.17) is 15.6 Å². The summed E-state index contributed by atoms with van der Waals surface area (Å²) in [4.78, 5) is 22.7. The molecule has 0 heterocycles. The zero-order chi connectivity index (χ0) is 31.8. The molecule has 0 amide bonds. The largest absolute Gasteiger partial charge is 0.494 e. The fourth-order valence-corrected chi connectivity index (χ4v) is 5.12. The molecule has 2 unspecified atom stereocenters. The van der Waals surface area contributed by atoms with E-state index in [0.717, 1.165) is 49.3 Å². The fraction of sp³-hybridized carbons (Fsp3) is 0.500. The van der Waals surface area contributed by atoms with Gasteiger partial charge in [0.1, 0.15) is 17.8 Å². The van der Waals surface area contributed by atoms with Crippen molar-refractivity contribution in [2.75, 3.05) is 32.8 Å². The number of aliphatic carboxylic acids is 1. The van der Waals surface area contributed by atoms with Crippen molar-refractivity contribution in [3.63, 3.8) is 0 Å². The second-order valence-electron chi connectivity index (χ2n) is 9.84. The van der Waals surface area contributed by atoms with Crippen LogP contribution in [0.3, 0.4) is 0 Å². The summed E-state index contributed by atoms with van der Waals surface area (Å²) in [6.07, 6.45) is 6.45. The maximum atomic E-state index is 11.5. The Hall–Kier alpha value is -3.04. The van der Waals surface area contributed by atoms with Gasteiger partial charge in [0.25, 0.3) is 0 Å². The number of hydrogen-bond acceptors (Lipinski definition) is 9. The number of esters is 1. The van der Waals surface area contributed by atoms with Crippen LogP contribution in [0.5, 0.6) is 5.75 Å². The van der Waals surface area contributed by atoms with Crippen LogP contribution >= 0.6 is 0 Å². The molecule has 12 nitrogen and oxygen atoms in total. The third kappa shape index (κ3) is 17.0. The Morgan fingerprint density at radius 2 is 1.29 bits per heavy atom. The fourth-order valence-electron chi connectivity index (χ4n) is 3.72. The molecule has 0 radical (unpaired) electrons. The lowest BCUT2D eigenvalue weighted by molar-refractivity contribution is -0.142. The summed E-state index contributed by atoms with van der Waals surface area (Å²) >= 11 is 0. The first-order valence-electron chi connectivity index (χ1n) is 13.4. The number of benzene rings is 2. The third-order valence-electron chi connectivity index (χ3n) is 5.79. The number of nitrogens with one attached hydrogen (secondary N) is 2. The number of unbranched alkanes of at least 4 members (excludes halogenated alkanes) is 3. The molecule has 42 heavy (non-hydrogen) atoms. The summed E-state index contributed by atoms with van der Waals surface area (Å²) in [5.41, 5.74) is 8.12. The average molecular weight is 630 g/mol. The number of carboxylic acid groups (broad SMARTS) is 1. The normalized spacial score (nSPS) is 12.9. The Morgan fingerprint density at radius 1 is 0.810 bits per heavy atom. The van der Waals surface area contributed by atoms with Crippen LogP contribution < -0.4 is 19.9 Å². The Morgan fingerprint density at radius 3 is 1.76 bits per heavy atom. The predicted molar refractivity (Wildman–Crippen MR) is 161 cm³/mol. The minimum Gasteiger partial charge on any atom is -0.494 e. The zero-order valence-corrected chi connectivity index (χ0v) is 26.2. The van der Waals surface area contributed by atoms with E-state index in [2.05, 4.69) is 14.2 Å². The van der Waals surface area contributed by atoms with Gasteiger partial charge in [-0.05, 0) is 62.4 Å². The molecule has 14 heteroatoms. The summed E-state index contributed by atoms with van der Waals surface area (Å²) in [6, 6.07) is 12.4. The number of hydrogen-bond donors (Lipinski definition) is 4. The van der Waals surface area contributed by atoms with Crippen molar-refractivity contribution in [1.29, 1.82) is 0 Å². The maximum absolute atomic E-state index is 11.5. The first-order chi connectivity index (χ1) is 19.6. The molecule has 2 aromatic rings. The molecule has 0 aliphatic rings. The lowest BCUT2D eigenvalue weighted by Crippen LogP contribution is -2.42. The predicted octanol–water partition coefficient (Wildman–Crippen LogP) is 1.76. The highest BCUT2D eigenvalue weighted by atomic mass is 32.2. The number of methoxy groups -OCH3 is 1. The minimum atomic E-state index is -3.58. The highest BCUT2D eigenvalue weighted by Gasteiger charge is 2.23. The number of rotatable bonds is 17. The van der Waals surface area contributed by atoms with Crippen LogP contribution in [-0.4, -0.2) is 78.7 Å². The van der Waals surface area contributed by atoms with Gasteiger partial charge in [-0.25, -0.2) is 26.3 Å². The van der Waals surface area contributed by atoms with Crippen LogP contribution in [-0.2, 0) is 47.2 Å².